The van der Waals surface area contributed by atoms with Crippen LogP contribution in [-0.2, 0) is 11.3 Å². The number of anilines is 1. The number of rotatable bonds is 6. The maximum Gasteiger partial charge on any atom is 0.166 e. The van der Waals surface area contributed by atoms with Crippen molar-refractivity contribution in [2.24, 2.45) is 0 Å². The maximum absolute atomic E-state index is 10.4. The van der Waals surface area contributed by atoms with Crippen molar-refractivity contribution in [1.29, 1.82) is 0 Å². The van der Waals surface area contributed by atoms with Crippen molar-refractivity contribution in [3.05, 3.63) is 65.7 Å². The van der Waals surface area contributed by atoms with E-state index in [0.29, 0.717) is 18.2 Å². The van der Waals surface area contributed by atoms with Crippen LogP contribution in [0.2, 0.25) is 0 Å². The summed E-state index contributed by atoms with van der Waals surface area (Å²) < 4.78 is 5.38. The summed E-state index contributed by atoms with van der Waals surface area (Å²) >= 11 is 5.28. The van der Waals surface area contributed by atoms with Crippen molar-refractivity contribution in [3.8, 4) is 0 Å². The van der Waals surface area contributed by atoms with Gasteiger partial charge in [0, 0.05) is 31.9 Å². The zero-order valence-electron chi connectivity index (χ0n) is 14.7. The average Bonchev–Trinajstić information content (AvgIpc) is 2.72. The van der Waals surface area contributed by atoms with Crippen LogP contribution in [0.15, 0.2) is 54.6 Å². The lowest BCUT2D eigenvalue weighted by atomic mass is 10.1. The van der Waals surface area contributed by atoms with Gasteiger partial charge in [0.2, 0.25) is 0 Å². The van der Waals surface area contributed by atoms with Crippen LogP contribution in [0.3, 0.4) is 0 Å². The van der Waals surface area contributed by atoms with E-state index < -0.39 is 6.10 Å². The Morgan fingerprint density at radius 3 is 2.42 bits per heavy atom. The highest BCUT2D eigenvalue weighted by Crippen LogP contribution is 2.20. The predicted molar refractivity (Wildman–Crippen MR) is 108 cm³/mol. The Labute approximate surface area is 160 Å². The van der Waals surface area contributed by atoms with E-state index in [1.54, 1.807) is 0 Å². The highest BCUT2D eigenvalue weighted by atomic mass is 32.1. The summed E-state index contributed by atoms with van der Waals surface area (Å²) in [4.78, 5) is 2.29. The lowest BCUT2D eigenvalue weighted by Crippen LogP contribution is -2.37. The lowest BCUT2D eigenvalue weighted by Gasteiger charge is -2.29. The van der Waals surface area contributed by atoms with Gasteiger partial charge in [-0.05, 0) is 35.5 Å². The van der Waals surface area contributed by atoms with E-state index in [0.717, 1.165) is 43.1 Å². The van der Waals surface area contributed by atoms with E-state index in [1.165, 1.54) is 0 Å². The number of aliphatic hydroxyl groups is 1. The van der Waals surface area contributed by atoms with Crippen LogP contribution in [0.5, 0.6) is 0 Å². The van der Waals surface area contributed by atoms with Crippen LogP contribution >= 0.6 is 12.2 Å². The highest BCUT2D eigenvalue weighted by Gasteiger charge is 2.13. The molecule has 0 aliphatic carbocycles. The molecule has 0 saturated carbocycles. The number of hydrogen-bond donors (Lipinski definition) is 3. The second-order valence-corrected chi connectivity index (χ2v) is 6.66. The molecule has 3 N–H and O–H groups in total. The molecular weight excluding hydrogens is 346 g/mol. The van der Waals surface area contributed by atoms with Gasteiger partial charge in [0.1, 0.15) is 0 Å². The van der Waals surface area contributed by atoms with Crippen LogP contribution in [0.1, 0.15) is 17.2 Å². The molecule has 1 fully saturated rings. The summed E-state index contributed by atoms with van der Waals surface area (Å²) in [6.07, 6.45) is -0.606. The average molecular weight is 372 g/mol. The molecule has 1 saturated heterocycles. The molecular formula is C20H25N3O2S. The Morgan fingerprint density at radius 2 is 1.73 bits per heavy atom. The fourth-order valence-electron chi connectivity index (χ4n) is 2.88. The third kappa shape index (κ3) is 5.42. The number of morpholine rings is 1. The second kappa shape index (κ2) is 9.52. The van der Waals surface area contributed by atoms with E-state index in [4.69, 9.17) is 17.0 Å². The van der Waals surface area contributed by atoms with Gasteiger partial charge in [-0.25, -0.2) is 0 Å². The largest absolute Gasteiger partial charge is 0.387 e. The molecule has 26 heavy (non-hydrogen) atoms. The van der Waals surface area contributed by atoms with Crippen molar-refractivity contribution >= 4 is 23.0 Å². The fraction of sp³-hybridized carbons (Fsp3) is 0.350. The molecule has 1 aliphatic rings. The molecule has 2 aromatic carbocycles. The highest BCUT2D eigenvalue weighted by molar-refractivity contribution is 7.80. The molecule has 138 valence electrons. The quantitative estimate of drug-likeness (QED) is 0.677. The molecule has 6 heteroatoms. The van der Waals surface area contributed by atoms with Gasteiger partial charge in [0.15, 0.2) is 5.11 Å². The van der Waals surface area contributed by atoms with Crippen LogP contribution in [0.25, 0.3) is 0 Å². The minimum absolute atomic E-state index is 0.373. The molecule has 1 aliphatic heterocycles. The minimum Gasteiger partial charge on any atom is -0.387 e. The standard InChI is InChI=1S/C20H25N3O2S/c24-19(15-22-20(26)21-14-16-4-2-1-3-5-16)17-6-8-18(9-7-17)23-10-12-25-13-11-23/h1-9,19,24H,10-15H2,(H2,21,22,26). The fourth-order valence-corrected chi connectivity index (χ4v) is 3.03. The molecule has 0 spiro atoms. The zero-order valence-corrected chi connectivity index (χ0v) is 15.5. The Kier molecular flexibility index (Phi) is 6.82. The first kappa shape index (κ1) is 18.6. The third-order valence-corrected chi connectivity index (χ3v) is 4.69. The summed E-state index contributed by atoms with van der Waals surface area (Å²) in [5.74, 6) is 0. The van der Waals surface area contributed by atoms with Gasteiger partial charge in [-0.3, -0.25) is 0 Å². The molecule has 2 aromatic rings. The minimum atomic E-state index is -0.606. The normalized spacial score (nSPS) is 15.3. The van der Waals surface area contributed by atoms with Gasteiger partial charge < -0.3 is 25.4 Å². The summed E-state index contributed by atoms with van der Waals surface area (Å²) in [5.41, 5.74) is 3.20. The van der Waals surface area contributed by atoms with Crippen LogP contribution in [-0.4, -0.2) is 43.1 Å². The van der Waals surface area contributed by atoms with E-state index in [9.17, 15) is 5.11 Å². The number of benzene rings is 2. The first-order chi connectivity index (χ1) is 12.7. The number of thiocarbonyl (C=S) groups is 1. The lowest BCUT2D eigenvalue weighted by molar-refractivity contribution is 0.122. The van der Waals surface area contributed by atoms with Crippen molar-refractivity contribution in [2.75, 3.05) is 37.7 Å². The molecule has 5 nitrogen and oxygen atoms in total. The van der Waals surface area contributed by atoms with Crippen molar-refractivity contribution < 1.29 is 9.84 Å². The number of nitrogens with zero attached hydrogens (tertiary/aromatic N) is 1. The Bertz CT molecular complexity index is 688. The van der Waals surface area contributed by atoms with Gasteiger partial charge in [-0.2, -0.15) is 0 Å². The molecule has 0 radical (unpaired) electrons. The Balaban J connectivity index is 1.43. The predicted octanol–water partition coefficient (Wildman–Crippen LogP) is 2.22. The second-order valence-electron chi connectivity index (χ2n) is 6.26. The molecule has 1 heterocycles. The molecule has 0 bridgehead atoms. The van der Waals surface area contributed by atoms with E-state index in [1.807, 2.05) is 42.5 Å². The number of aliphatic hydroxyl groups excluding tert-OH is 1. The van der Waals surface area contributed by atoms with Gasteiger partial charge in [-0.15, -0.1) is 0 Å². The van der Waals surface area contributed by atoms with Crippen LogP contribution in [0.4, 0.5) is 5.69 Å². The SMILES string of the molecule is OC(CNC(=S)NCc1ccccc1)c1ccc(N2CCOCC2)cc1. The van der Waals surface area contributed by atoms with Crippen molar-refractivity contribution in [3.63, 3.8) is 0 Å². The number of hydrogen-bond acceptors (Lipinski definition) is 4. The first-order valence-corrected chi connectivity index (χ1v) is 9.29. The van der Waals surface area contributed by atoms with Gasteiger partial charge in [0.25, 0.3) is 0 Å². The smallest absolute Gasteiger partial charge is 0.166 e. The summed E-state index contributed by atoms with van der Waals surface area (Å²) in [7, 11) is 0. The summed E-state index contributed by atoms with van der Waals surface area (Å²) in [6, 6.07) is 18.1. The summed E-state index contributed by atoms with van der Waals surface area (Å²) in [6.45, 7) is 4.38. The third-order valence-electron chi connectivity index (χ3n) is 4.41. The van der Waals surface area contributed by atoms with Crippen molar-refractivity contribution in [1.82, 2.24) is 10.6 Å². The molecule has 0 amide bonds. The maximum atomic E-state index is 10.4. The van der Waals surface area contributed by atoms with Crippen molar-refractivity contribution in [2.45, 2.75) is 12.6 Å². The number of nitrogens with one attached hydrogen (secondary N) is 2. The molecule has 1 unspecified atom stereocenters. The molecule has 3 rings (SSSR count). The summed E-state index contributed by atoms with van der Waals surface area (Å²) in [5, 5.41) is 17.1. The van der Waals surface area contributed by atoms with E-state index >= 15 is 0 Å². The monoisotopic (exact) mass is 371 g/mol. The molecule has 0 aromatic heterocycles. The van der Waals surface area contributed by atoms with E-state index in [-0.39, 0.29) is 0 Å². The number of ether oxygens (including phenoxy) is 1. The first-order valence-electron chi connectivity index (χ1n) is 8.89. The Morgan fingerprint density at radius 1 is 1.04 bits per heavy atom. The Hall–Kier alpha value is -2.15. The van der Waals surface area contributed by atoms with Gasteiger partial charge >= 0.3 is 0 Å². The topological polar surface area (TPSA) is 56.8 Å². The molecule has 1 atom stereocenters. The zero-order chi connectivity index (χ0) is 18.2. The van der Waals surface area contributed by atoms with Crippen LogP contribution in [0, 0.1) is 0 Å². The van der Waals surface area contributed by atoms with Crippen LogP contribution < -0.4 is 15.5 Å². The van der Waals surface area contributed by atoms with Gasteiger partial charge in [-0.1, -0.05) is 42.5 Å². The van der Waals surface area contributed by atoms with E-state index in [2.05, 4.69) is 27.7 Å². The van der Waals surface area contributed by atoms with Gasteiger partial charge in [0.05, 0.1) is 19.3 Å².